The second kappa shape index (κ2) is 6.50. The van der Waals surface area contributed by atoms with E-state index in [1.165, 1.54) is 11.1 Å². The zero-order chi connectivity index (χ0) is 13.7. The molecule has 2 aromatic rings. The minimum absolute atomic E-state index is 0.0775. The Hall–Kier alpha value is -1.65. The lowest BCUT2D eigenvalue weighted by atomic mass is 10.1. The first-order chi connectivity index (χ1) is 9.22. The number of benzene rings is 1. The Kier molecular flexibility index (Phi) is 4.71. The summed E-state index contributed by atoms with van der Waals surface area (Å²) in [5, 5.41) is 10.6. The number of aryl methyl sites for hydroxylation is 2. The van der Waals surface area contributed by atoms with E-state index < -0.39 is 0 Å². The van der Waals surface area contributed by atoms with Crippen LogP contribution in [-0.2, 0) is 11.3 Å². The Morgan fingerprint density at radius 1 is 1.26 bits per heavy atom. The lowest BCUT2D eigenvalue weighted by Gasteiger charge is -2.16. The largest absolute Gasteiger partial charge is 0.375 e. The highest BCUT2D eigenvalue weighted by atomic mass is 16.5. The van der Waals surface area contributed by atoms with E-state index in [0.29, 0.717) is 0 Å². The van der Waals surface area contributed by atoms with Gasteiger partial charge in [0.15, 0.2) is 0 Å². The van der Waals surface area contributed by atoms with Crippen molar-refractivity contribution < 1.29 is 4.74 Å². The van der Waals surface area contributed by atoms with Crippen LogP contribution in [0.2, 0.25) is 0 Å². The van der Waals surface area contributed by atoms with Crippen molar-refractivity contribution in [2.45, 2.75) is 26.5 Å². The van der Waals surface area contributed by atoms with Crippen LogP contribution in [0.5, 0.6) is 0 Å². The van der Waals surface area contributed by atoms with Gasteiger partial charge < -0.3 is 10.1 Å². The monoisotopic (exact) mass is 259 g/mol. The Labute approximate surface area is 114 Å². The lowest BCUT2D eigenvalue weighted by Crippen LogP contribution is -2.22. The molecule has 0 saturated heterocycles. The van der Waals surface area contributed by atoms with Gasteiger partial charge in [-0.05, 0) is 19.4 Å². The average molecular weight is 259 g/mol. The molecule has 0 radical (unpaired) electrons. The maximum atomic E-state index is 5.53. The van der Waals surface area contributed by atoms with Crippen molar-refractivity contribution >= 4 is 0 Å². The van der Waals surface area contributed by atoms with Crippen molar-refractivity contribution in [3.05, 3.63) is 52.8 Å². The van der Waals surface area contributed by atoms with E-state index in [-0.39, 0.29) is 6.10 Å². The van der Waals surface area contributed by atoms with Gasteiger partial charge in [-0.25, -0.2) is 0 Å². The quantitative estimate of drug-likeness (QED) is 0.838. The van der Waals surface area contributed by atoms with Crippen LogP contribution in [0.15, 0.2) is 30.3 Å². The van der Waals surface area contributed by atoms with Gasteiger partial charge in [-0.15, -0.1) is 0 Å². The fourth-order valence-electron chi connectivity index (χ4n) is 2.17. The number of rotatable bonds is 6. The predicted molar refractivity (Wildman–Crippen MR) is 76.0 cm³/mol. The molecule has 1 aromatic carbocycles. The van der Waals surface area contributed by atoms with Crippen molar-refractivity contribution in [3.63, 3.8) is 0 Å². The van der Waals surface area contributed by atoms with Gasteiger partial charge in [-0.2, -0.15) is 5.10 Å². The Balaban J connectivity index is 1.91. The average Bonchev–Trinajstić information content (AvgIpc) is 2.76. The van der Waals surface area contributed by atoms with Crippen LogP contribution in [0, 0.1) is 13.8 Å². The number of H-pyrrole nitrogens is 1. The summed E-state index contributed by atoms with van der Waals surface area (Å²) >= 11 is 0. The fraction of sp³-hybridized carbons (Fsp3) is 0.400. The topological polar surface area (TPSA) is 49.9 Å². The molecule has 2 N–H and O–H groups in total. The molecule has 0 saturated carbocycles. The van der Waals surface area contributed by atoms with Crippen molar-refractivity contribution in [2.75, 3.05) is 13.7 Å². The van der Waals surface area contributed by atoms with E-state index in [1.54, 1.807) is 7.11 Å². The van der Waals surface area contributed by atoms with Gasteiger partial charge in [0.05, 0.1) is 11.8 Å². The molecule has 4 nitrogen and oxygen atoms in total. The molecular formula is C15H21N3O. The number of hydrogen-bond donors (Lipinski definition) is 2. The van der Waals surface area contributed by atoms with Crippen LogP contribution >= 0.6 is 0 Å². The number of aromatic amines is 1. The highest BCUT2D eigenvalue weighted by Gasteiger charge is 2.11. The number of aromatic nitrogens is 2. The summed E-state index contributed by atoms with van der Waals surface area (Å²) < 4.78 is 5.53. The Morgan fingerprint density at radius 3 is 2.58 bits per heavy atom. The van der Waals surface area contributed by atoms with Gasteiger partial charge in [-0.3, -0.25) is 5.10 Å². The summed E-state index contributed by atoms with van der Waals surface area (Å²) in [5.41, 5.74) is 4.61. The molecule has 1 atom stereocenters. The minimum atomic E-state index is 0.0775. The third-order valence-electron chi connectivity index (χ3n) is 3.37. The third-order valence-corrected chi connectivity index (χ3v) is 3.37. The van der Waals surface area contributed by atoms with Gasteiger partial charge in [-0.1, -0.05) is 30.3 Å². The first-order valence-corrected chi connectivity index (χ1v) is 6.51. The second-order valence-electron chi connectivity index (χ2n) is 4.68. The van der Waals surface area contributed by atoms with E-state index in [9.17, 15) is 0 Å². The summed E-state index contributed by atoms with van der Waals surface area (Å²) in [6.45, 7) is 5.65. The molecule has 102 valence electrons. The van der Waals surface area contributed by atoms with E-state index in [2.05, 4.69) is 27.6 Å². The summed E-state index contributed by atoms with van der Waals surface area (Å²) in [7, 11) is 1.74. The highest BCUT2D eigenvalue weighted by Crippen LogP contribution is 2.15. The first kappa shape index (κ1) is 13.8. The SMILES string of the molecule is COC(CNCc1c(C)n[nH]c1C)c1ccccc1. The van der Waals surface area contributed by atoms with E-state index >= 15 is 0 Å². The van der Waals surface area contributed by atoms with Crippen LogP contribution in [-0.4, -0.2) is 23.9 Å². The van der Waals surface area contributed by atoms with Gasteiger partial charge in [0.25, 0.3) is 0 Å². The maximum absolute atomic E-state index is 5.53. The molecule has 0 aliphatic rings. The van der Waals surface area contributed by atoms with Crippen LogP contribution in [0.3, 0.4) is 0 Å². The zero-order valence-electron chi connectivity index (χ0n) is 11.7. The molecule has 1 heterocycles. The molecule has 19 heavy (non-hydrogen) atoms. The summed E-state index contributed by atoms with van der Waals surface area (Å²) in [6.07, 6.45) is 0.0775. The molecule has 1 aromatic heterocycles. The number of hydrogen-bond acceptors (Lipinski definition) is 3. The van der Waals surface area contributed by atoms with Gasteiger partial charge >= 0.3 is 0 Å². The normalized spacial score (nSPS) is 12.6. The predicted octanol–water partition coefficient (Wildman–Crippen LogP) is 2.50. The van der Waals surface area contributed by atoms with Gasteiger partial charge in [0.2, 0.25) is 0 Å². The number of nitrogens with zero attached hydrogens (tertiary/aromatic N) is 1. The molecule has 0 aliphatic carbocycles. The Morgan fingerprint density at radius 2 is 2.00 bits per heavy atom. The standard InChI is InChI=1S/C15H21N3O/c1-11-14(12(2)18-17-11)9-16-10-15(19-3)13-7-5-4-6-8-13/h4-8,15-16H,9-10H2,1-3H3,(H,17,18). The molecule has 0 fully saturated rings. The van der Waals surface area contributed by atoms with Crippen molar-refractivity contribution in [2.24, 2.45) is 0 Å². The van der Waals surface area contributed by atoms with Crippen molar-refractivity contribution in [1.29, 1.82) is 0 Å². The molecule has 0 aliphatic heterocycles. The Bertz CT molecular complexity index is 488. The fourth-order valence-corrected chi connectivity index (χ4v) is 2.17. The van der Waals surface area contributed by atoms with Crippen LogP contribution in [0.25, 0.3) is 0 Å². The van der Waals surface area contributed by atoms with E-state index in [0.717, 1.165) is 24.5 Å². The number of nitrogens with one attached hydrogen (secondary N) is 2. The van der Waals surface area contributed by atoms with E-state index in [1.807, 2.05) is 32.0 Å². The van der Waals surface area contributed by atoms with Gasteiger partial charge in [0, 0.05) is 31.5 Å². The third kappa shape index (κ3) is 3.43. The number of methoxy groups -OCH3 is 1. The zero-order valence-corrected chi connectivity index (χ0v) is 11.7. The molecule has 0 spiro atoms. The molecule has 0 amide bonds. The molecule has 4 heteroatoms. The minimum Gasteiger partial charge on any atom is -0.375 e. The first-order valence-electron chi connectivity index (χ1n) is 6.51. The smallest absolute Gasteiger partial charge is 0.0945 e. The van der Waals surface area contributed by atoms with Crippen molar-refractivity contribution in [1.82, 2.24) is 15.5 Å². The highest BCUT2D eigenvalue weighted by molar-refractivity contribution is 5.23. The van der Waals surface area contributed by atoms with Crippen molar-refractivity contribution in [3.8, 4) is 0 Å². The second-order valence-corrected chi connectivity index (χ2v) is 4.68. The van der Waals surface area contributed by atoms with E-state index in [4.69, 9.17) is 4.74 Å². The maximum Gasteiger partial charge on any atom is 0.0945 e. The number of ether oxygens (including phenoxy) is 1. The lowest BCUT2D eigenvalue weighted by molar-refractivity contribution is 0.102. The van der Waals surface area contributed by atoms with Gasteiger partial charge in [0.1, 0.15) is 0 Å². The summed E-state index contributed by atoms with van der Waals surface area (Å²) in [4.78, 5) is 0. The molecular weight excluding hydrogens is 238 g/mol. The summed E-state index contributed by atoms with van der Waals surface area (Å²) in [5.74, 6) is 0. The van der Waals surface area contributed by atoms with Crippen LogP contribution in [0.4, 0.5) is 0 Å². The molecule has 2 rings (SSSR count). The van der Waals surface area contributed by atoms with Crippen LogP contribution < -0.4 is 5.32 Å². The molecule has 0 bridgehead atoms. The molecule has 1 unspecified atom stereocenters. The summed E-state index contributed by atoms with van der Waals surface area (Å²) in [6, 6.07) is 10.3. The van der Waals surface area contributed by atoms with Crippen LogP contribution in [0.1, 0.15) is 28.6 Å².